The van der Waals surface area contributed by atoms with Gasteiger partial charge in [0.1, 0.15) is 0 Å². The van der Waals surface area contributed by atoms with Crippen LogP contribution in [0.3, 0.4) is 0 Å². The zero-order valence-electron chi connectivity index (χ0n) is 10.8. The summed E-state index contributed by atoms with van der Waals surface area (Å²) in [7, 11) is -3.43. The number of nitrogens with zero attached hydrogens (tertiary/aromatic N) is 1. The minimum absolute atomic E-state index is 0.0662. The highest BCUT2D eigenvalue weighted by atomic mass is 32.2. The van der Waals surface area contributed by atoms with Gasteiger partial charge in [-0.05, 0) is 37.0 Å². The van der Waals surface area contributed by atoms with Crippen molar-refractivity contribution in [2.24, 2.45) is 0 Å². The molecule has 1 aliphatic rings. The van der Waals surface area contributed by atoms with Crippen molar-refractivity contribution in [1.29, 1.82) is 0 Å². The zero-order chi connectivity index (χ0) is 13.9. The molecule has 1 fully saturated rings. The summed E-state index contributed by atoms with van der Waals surface area (Å²) in [6.07, 6.45) is 4.01. The van der Waals surface area contributed by atoms with E-state index >= 15 is 0 Å². The molecule has 0 saturated heterocycles. The molecule has 0 aliphatic heterocycles. The quantitative estimate of drug-likeness (QED) is 0.772. The predicted molar refractivity (Wildman–Crippen MR) is 74.3 cm³/mol. The van der Waals surface area contributed by atoms with Crippen LogP contribution in [-0.2, 0) is 16.4 Å². The van der Waals surface area contributed by atoms with Crippen molar-refractivity contribution in [2.45, 2.75) is 30.2 Å². The van der Waals surface area contributed by atoms with E-state index in [1.807, 2.05) is 0 Å². The lowest BCUT2D eigenvalue weighted by Gasteiger charge is -2.20. The Bertz CT molecular complexity index is 532. The van der Waals surface area contributed by atoms with Crippen LogP contribution in [0.5, 0.6) is 0 Å². The number of hydrogen-bond acceptors (Lipinski definition) is 3. The van der Waals surface area contributed by atoms with E-state index in [0.29, 0.717) is 17.9 Å². The third-order valence-electron chi connectivity index (χ3n) is 3.19. The molecular weight excluding hydrogens is 262 g/mol. The van der Waals surface area contributed by atoms with Crippen molar-refractivity contribution in [3.05, 3.63) is 42.5 Å². The van der Waals surface area contributed by atoms with Gasteiger partial charge in [0.2, 0.25) is 10.0 Å². The predicted octanol–water partition coefficient (Wildman–Crippen LogP) is 1.56. The summed E-state index contributed by atoms with van der Waals surface area (Å²) in [5, 5.41) is 8.85. The Hall–Kier alpha value is -1.17. The largest absolute Gasteiger partial charge is 0.396 e. The second-order valence-electron chi connectivity index (χ2n) is 4.71. The molecule has 2 rings (SSSR count). The summed E-state index contributed by atoms with van der Waals surface area (Å²) in [5.41, 5.74) is 0.933. The highest BCUT2D eigenvalue weighted by molar-refractivity contribution is 7.89. The highest BCUT2D eigenvalue weighted by Gasteiger charge is 2.37. The highest BCUT2D eigenvalue weighted by Crippen LogP contribution is 2.31. The van der Waals surface area contributed by atoms with Gasteiger partial charge < -0.3 is 5.11 Å². The summed E-state index contributed by atoms with van der Waals surface area (Å²) < 4.78 is 26.5. The molecule has 1 aliphatic carbocycles. The molecule has 0 atom stereocenters. The Kier molecular flexibility index (Phi) is 4.39. The van der Waals surface area contributed by atoms with Crippen LogP contribution in [0.15, 0.2) is 41.8 Å². The fourth-order valence-corrected chi connectivity index (χ4v) is 3.68. The first-order valence-corrected chi connectivity index (χ1v) is 7.86. The Labute approximate surface area is 114 Å². The number of benzene rings is 1. The Balaban J connectivity index is 2.24. The average Bonchev–Trinajstić information content (AvgIpc) is 3.21. The molecule has 5 heteroatoms. The molecule has 0 aromatic heterocycles. The van der Waals surface area contributed by atoms with Gasteiger partial charge >= 0.3 is 0 Å². The van der Waals surface area contributed by atoms with E-state index in [1.165, 1.54) is 4.31 Å². The lowest BCUT2D eigenvalue weighted by atomic mass is 10.2. The molecule has 1 aromatic carbocycles. The van der Waals surface area contributed by atoms with Crippen LogP contribution in [0, 0.1) is 0 Å². The van der Waals surface area contributed by atoms with Crippen molar-refractivity contribution < 1.29 is 13.5 Å². The first-order chi connectivity index (χ1) is 9.09. The molecule has 0 amide bonds. The fraction of sp³-hybridized carbons (Fsp3) is 0.429. The topological polar surface area (TPSA) is 57.6 Å². The lowest BCUT2D eigenvalue weighted by Crippen LogP contribution is -2.33. The minimum Gasteiger partial charge on any atom is -0.396 e. The van der Waals surface area contributed by atoms with Gasteiger partial charge in [0.05, 0.1) is 4.90 Å². The lowest BCUT2D eigenvalue weighted by molar-refractivity contribution is 0.299. The van der Waals surface area contributed by atoms with E-state index in [0.717, 1.165) is 18.4 Å². The van der Waals surface area contributed by atoms with E-state index in [-0.39, 0.29) is 12.6 Å². The molecule has 0 radical (unpaired) electrons. The van der Waals surface area contributed by atoms with Crippen molar-refractivity contribution >= 4 is 10.0 Å². The van der Waals surface area contributed by atoms with Crippen LogP contribution < -0.4 is 0 Å². The fourth-order valence-electron chi connectivity index (χ4n) is 2.03. The van der Waals surface area contributed by atoms with Crippen LogP contribution in [-0.4, -0.2) is 37.0 Å². The van der Waals surface area contributed by atoms with E-state index < -0.39 is 10.0 Å². The monoisotopic (exact) mass is 281 g/mol. The SMILES string of the molecule is C=CCN(C1CC1)S(=O)(=O)c1ccc(CCO)cc1. The third-order valence-corrected chi connectivity index (χ3v) is 5.13. The summed E-state index contributed by atoms with van der Waals surface area (Å²) in [4.78, 5) is 0.308. The third kappa shape index (κ3) is 3.23. The van der Waals surface area contributed by atoms with Gasteiger partial charge in [-0.1, -0.05) is 18.2 Å². The summed E-state index contributed by atoms with van der Waals surface area (Å²) in [6, 6.07) is 6.85. The molecule has 0 heterocycles. The molecule has 0 unspecified atom stereocenters. The van der Waals surface area contributed by atoms with Gasteiger partial charge in [-0.2, -0.15) is 4.31 Å². The minimum atomic E-state index is -3.43. The molecule has 1 N–H and O–H groups in total. The maximum atomic E-state index is 12.5. The van der Waals surface area contributed by atoms with Crippen molar-refractivity contribution in [3.63, 3.8) is 0 Å². The van der Waals surface area contributed by atoms with Crippen molar-refractivity contribution in [1.82, 2.24) is 4.31 Å². The summed E-state index contributed by atoms with van der Waals surface area (Å²) in [5.74, 6) is 0. The van der Waals surface area contributed by atoms with E-state index in [4.69, 9.17) is 5.11 Å². The maximum absolute atomic E-state index is 12.5. The van der Waals surface area contributed by atoms with Crippen LogP contribution >= 0.6 is 0 Å². The number of aliphatic hydroxyl groups is 1. The average molecular weight is 281 g/mol. The Morgan fingerprint density at radius 3 is 2.42 bits per heavy atom. The first kappa shape index (κ1) is 14.2. The van der Waals surface area contributed by atoms with Crippen LogP contribution in [0.25, 0.3) is 0 Å². The van der Waals surface area contributed by atoms with Gasteiger partial charge in [-0.15, -0.1) is 6.58 Å². The smallest absolute Gasteiger partial charge is 0.243 e. The van der Waals surface area contributed by atoms with Crippen LogP contribution in [0.4, 0.5) is 0 Å². The molecule has 4 nitrogen and oxygen atoms in total. The maximum Gasteiger partial charge on any atom is 0.243 e. The van der Waals surface area contributed by atoms with E-state index in [2.05, 4.69) is 6.58 Å². The molecule has 104 valence electrons. The molecule has 19 heavy (non-hydrogen) atoms. The normalized spacial score (nSPS) is 15.7. The zero-order valence-corrected chi connectivity index (χ0v) is 11.6. The van der Waals surface area contributed by atoms with Gasteiger partial charge in [0, 0.05) is 19.2 Å². The standard InChI is InChI=1S/C14H19NO3S/c1-2-10-15(13-5-6-13)19(17,18)14-7-3-12(4-8-14)9-11-16/h2-4,7-8,13,16H,1,5-6,9-11H2. The molecule has 1 aromatic rings. The number of hydrogen-bond donors (Lipinski definition) is 1. The molecular formula is C14H19NO3S. The van der Waals surface area contributed by atoms with Gasteiger partial charge in [-0.3, -0.25) is 0 Å². The van der Waals surface area contributed by atoms with E-state index in [9.17, 15) is 8.42 Å². The second-order valence-corrected chi connectivity index (χ2v) is 6.60. The molecule has 1 saturated carbocycles. The summed E-state index contributed by atoms with van der Waals surface area (Å²) in [6.45, 7) is 4.04. The number of rotatable bonds is 7. The van der Waals surface area contributed by atoms with Crippen LogP contribution in [0.2, 0.25) is 0 Å². The number of aliphatic hydroxyl groups excluding tert-OH is 1. The molecule has 0 spiro atoms. The van der Waals surface area contributed by atoms with Gasteiger partial charge in [0.15, 0.2) is 0 Å². The first-order valence-electron chi connectivity index (χ1n) is 6.42. The van der Waals surface area contributed by atoms with Crippen molar-refractivity contribution in [3.8, 4) is 0 Å². The van der Waals surface area contributed by atoms with Crippen molar-refractivity contribution in [2.75, 3.05) is 13.2 Å². The Morgan fingerprint density at radius 2 is 1.95 bits per heavy atom. The number of sulfonamides is 1. The van der Waals surface area contributed by atoms with Gasteiger partial charge in [0.25, 0.3) is 0 Å². The van der Waals surface area contributed by atoms with Gasteiger partial charge in [-0.25, -0.2) is 8.42 Å². The second kappa shape index (κ2) is 5.86. The summed E-state index contributed by atoms with van der Waals surface area (Å²) >= 11 is 0. The Morgan fingerprint density at radius 1 is 1.32 bits per heavy atom. The van der Waals surface area contributed by atoms with Crippen LogP contribution in [0.1, 0.15) is 18.4 Å². The molecule has 0 bridgehead atoms. The van der Waals surface area contributed by atoms with E-state index in [1.54, 1.807) is 30.3 Å².